The van der Waals surface area contributed by atoms with Gasteiger partial charge in [-0.1, -0.05) is 15.9 Å². The van der Waals surface area contributed by atoms with Crippen molar-refractivity contribution in [3.05, 3.63) is 20.9 Å². The first kappa shape index (κ1) is 12.1. The van der Waals surface area contributed by atoms with Gasteiger partial charge in [-0.15, -0.1) is 0 Å². The molecule has 0 radical (unpaired) electrons. The van der Waals surface area contributed by atoms with Crippen LogP contribution in [0.5, 0.6) is 5.88 Å². The molecule has 1 aromatic rings. The molecule has 1 rings (SSSR count). The number of rotatable bonds is 3. The van der Waals surface area contributed by atoms with Crippen molar-refractivity contribution in [2.75, 3.05) is 7.11 Å². The molecule has 0 fully saturated rings. The molecule has 1 heterocycles. The second-order valence-corrected chi connectivity index (χ2v) is 4.17. The number of alkyl halides is 3. The summed E-state index contributed by atoms with van der Waals surface area (Å²) in [7, 11) is 1.33. The van der Waals surface area contributed by atoms with E-state index >= 15 is 0 Å². The molecule has 0 N–H and O–H groups in total. The lowest BCUT2D eigenvalue weighted by molar-refractivity contribution is 0.146. The third-order valence-corrected chi connectivity index (χ3v) is 3.06. The fourth-order valence-corrected chi connectivity index (χ4v) is 2.53. The average Bonchev–Trinajstić information content (AvgIpc) is 2.17. The maximum Gasteiger partial charge on any atom is 0.269 e. The summed E-state index contributed by atoms with van der Waals surface area (Å²) in [6, 6.07) is 1.40. The molecule has 14 heavy (non-hydrogen) atoms. The summed E-state index contributed by atoms with van der Waals surface area (Å²) in [4.78, 5) is 3.97. The second kappa shape index (κ2) is 5.20. The SMILES string of the molecule is COc1nc(CBr)c(I)cc1C(F)F. The number of nitrogens with zero attached hydrogens (tertiary/aromatic N) is 1. The molecule has 0 atom stereocenters. The number of hydrogen-bond acceptors (Lipinski definition) is 2. The van der Waals surface area contributed by atoms with Crippen molar-refractivity contribution < 1.29 is 13.5 Å². The van der Waals surface area contributed by atoms with Crippen molar-refractivity contribution in [2.45, 2.75) is 11.8 Å². The predicted octanol–water partition coefficient (Wildman–Crippen LogP) is 3.53. The van der Waals surface area contributed by atoms with Gasteiger partial charge < -0.3 is 4.74 Å². The summed E-state index contributed by atoms with van der Waals surface area (Å²) in [5.41, 5.74) is 0.536. The molecule has 0 bridgehead atoms. The maximum atomic E-state index is 12.5. The van der Waals surface area contributed by atoms with Crippen molar-refractivity contribution in [2.24, 2.45) is 0 Å². The highest BCUT2D eigenvalue weighted by Crippen LogP contribution is 2.30. The minimum atomic E-state index is -2.56. The van der Waals surface area contributed by atoms with Gasteiger partial charge in [0.15, 0.2) is 0 Å². The van der Waals surface area contributed by atoms with Gasteiger partial charge in [0.05, 0.1) is 18.4 Å². The number of aromatic nitrogens is 1. The summed E-state index contributed by atoms with van der Waals surface area (Å²) in [6.45, 7) is 0. The second-order valence-electron chi connectivity index (χ2n) is 2.45. The summed E-state index contributed by atoms with van der Waals surface area (Å²) < 4.78 is 30.5. The standard InChI is InChI=1S/C8H7BrF2INO/c1-14-8-4(7(10)11)2-5(12)6(3-9)13-8/h2,7H,3H2,1H3. The van der Waals surface area contributed by atoms with E-state index in [0.29, 0.717) is 14.6 Å². The molecule has 0 aliphatic carbocycles. The maximum absolute atomic E-state index is 12.5. The highest BCUT2D eigenvalue weighted by molar-refractivity contribution is 14.1. The highest BCUT2D eigenvalue weighted by Gasteiger charge is 2.17. The first-order valence-electron chi connectivity index (χ1n) is 3.67. The molecule has 78 valence electrons. The van der Waals surface area contributed by atoms with Crippen molar-refractivity contribution in [1.29, 1.82) is 0 Å². The highest BCUT2D eigenvalue weighted by atomic mass is 127. The van der Waals surface area contributed by atoms with Crippen molar-refractivity contribution in [3.63, 3.8) is 0 Å². The van der Waals surface area contributed by atoms with Crippen LogP contribution in [0.4, 0.5) is 8.78 Å². The van der Waals surface area contributed by atoms with Crippen LogP contribution in [0.15, 0.2) is 6.07 Å². The monoisotopic (exact) mass is 377 g/mol. The Hall–Kier alpha value is 0.0200. The first-order chi connectivity index (χ1) is 6.60. The number of pyridine rings is 1. The molecular formula is C8H7BrF2INO. The Balaban J connectivity index is 3.24. The van der Waals surface area contributed by atoms with Gasteiger partial charge in [-0.25, -0.2) is 13.8 Å². The van der Waals surface area contributed by atoms with E-state index in [1.807, 2.05) is 22.6 Å². The van der Waals surface area contributed by atoms with E-state index in [0.717, 1.165) is 0 Å². The van der Waals surface area contributed by atoms with Gasteiger partial charge in [0.2, 0.25) is 5.88 Å². The third-order valence-electron chi connectivity index (χ3n) is 1.60. The Bertz CT molecular complexity index is 335. The third kappa shape index (κ3) is 2.53. The fraction of sp³-hybridized carbons (Fsp3) is 0.375. The normalized spacial score (nSPS) is 10.7. The van der Waals surface area contributed by atoms with Crippen LogP contribution >= 0.6 is 38.5 Å². The van der Waals surface area contributed by atoms with Crippen LogP contribution in [0, 0.1) is 3.57 Å². The molecule has 6 heteroatoms. The molecule has 0 saturated heterocycles. The lowest BCUT2D eigenvalue weighted by Gasteiger charge is -2.09. The van der Waals surface area contributed by atoms with Crippen LogP contribution in [0.3, 0.4) is 0 Å². The zero-order valence-electron chi connectivity index (χ0n) is 7.23. The lowest BCUT2D eigenvalue weighted by atomic mass is 10.2. The number of ether oxygens (including phenoxy) is 1. The molecule has 0 spiro atoms. The van der Waals surface area contributed by atoms with Crippen LogP contribution in [-0.2, 0) is 5.33 Å². The van der Waals surface area contributed by atoms with Gasteiger partial charge in [0.25, 0.3) is 6.43 Å². The van der Waals surface area contributed by atoms with Crippen LogP contribution in [-0.4, -0.2) is 12.1 Å². The Morgan fingerprint density at radius 1 is 1.64 bits per heavy atom. The largest absolute Gasteiger partial charge is 0.481 e. The number of methoxy groups -OCH3 is 1. The van der Waals surface area contributed by atoms with Gasteiger partial charge in [-0.2, -0.15) is 0 Å². The average molecular weight is 378 g/mol. The van der Waals surface area contributed by atoms with E-state index in [9.17, 15) is 8.78 Å². The molecule has 0 aromatic carbocycles. The molecule has 0 saturated carbocycles. The summed E-state index contributed by atoms with van der Waals surface area (Å²) >= 11 is 5.19. The van der Waals surface area contributed by atoms with Crippen molar-refractivity contribution >= 4 is 38.5 Å². The van der Waals surface area contributed by atoms with E-state index in [1.54, 1.807) is 0 Å². The van der Waals surface area contributed by atoms with E-state index in [4.69, 9.17) is 4.74 Å². The topological polar surface area (TPSA) is 22.1 Å². The first-order valence-corrected chi connectivity index (χ1v) is 5.87. The minimum Gasteiger partial charge on any atom is -0.481 e. The Kier molecular flexibility index (Phi) is 4.49. The zero-order chi connectivity index (χ0) is 10.7. The minimum absolute atomic E-state index is 0.00475. The summed E-state index contributed by atoms with van der Waals surface area (Å²) in [6.07, 6.45) is -2.56. The fourth-order valence-electron chi connectivity index (χ4n) is 0.936. The number of halogens is 4. The predicted molar refractivity (Wildman–Crippen MR) is 61.1 cm³/mol. The van der Waals surface area contributed by atoms with Crippen LogP contribution in [0.25, 0.3) is 0 Å². The molecule has 0 aliphatic rings. The van der Waals surface area contributed by atoms with E-state index in [1.165, 1.54) is 13.2 Å². The lowest BCUT2D eigenvalue weighted by Crippen LogP contribution is -2.00. The van der Waals surface area contributed by atoms with E-state index < -0.39 is 6.43 Å². The zero-order valence-corrected chi connectivity index (χ0v) is 11.0. The molecule has 0 unspecified atom stereocenters. The van der Waals surface area contributed by atoms with Crippen molar-refractivity contribution in [3.8, 4) is 5.88 Å². The Labute approximate surface area is 102 Å². The summed E-state index contributed by atoms with van der Waals surface area (Å²) in [5.74, 6) is -0.00475. The van der Waals surface area contributed by atoms with E-state index in [-0.39, 0.29) is 11.4 Å². The van der Waals surface area contributed by atoms with Gasteiger partial charge in [-0.05, 0) is 28.7 Å². The molecule has 0 amide bonds. The molecule has 1 aromatic heterocycles. The quantitative estimate of drug-likeness (QED) is 0.594. The van der Waals surface area contributed by atoms with Crippen LogP contribution < -0.4 is 4.74 Å². The van der Waals surface area contributed by atoms with Crippen molar-refractivity contribution in [1.82, 2.24) is 4.98 Å². The van der Waals surface area contributed by atoms with Gasteiger partial charge >= 0.3 is 0 Å². The molecular weight excluding hydrogens is 371 g/mol. The smallest absolute Gasteiger partial charge is 0.269 e. The van der Waals surface area contributed by atoms with Crippen LogP contribution in [0.2, 0.25) is 0 Å². The number of hydrogen-bond donors (Lipinski definition) is 0. The Morgan fingerprint density at radius 2 is 2.29 bits per heavy atom. The van der Waals surface area contributed by atoms with Gasteiger partial charge in [-0.3, -0.25) is 0 Å². The van der Waals surface area contributed by atoms with E-state index in [2.05, 4.69) is 20.9 Å². The Morgan fingerprint density at radius 3 is 2.71 bits per heavy atom. The molecule has 2 nitrogen and oxygen atoms in total. The van der Waals surface area contributed by atoms with Gasteiger partial charge in [0.1, 0.15) is 0 Å². The van der Waals surface area contributed by atoms with Crippen LogP contribution in [0.1, 0.15) is 17.7 Å². The van der Waals surface area contributed by atoms with Gasteiger partial charge in [0, 0.05) is 8.90 Å². The molecule has 0 aliphatic heterocycles. The summed E-state index contributed by atoms with van der Waals surface area (Å²) in [5, 5.41) is 0.519.